The number of esters is 1. The average Bonchev–Trinajstić information content (AvgIpc) is 2.28. The van der Waals surface area contributed by atoms with Crippen molar-refractivity contribution in [1.29, 1.82) is 0 Å². The van der Waals surface area contributed by atoms with E-state index in [-0.39, 0.29) is 6.61 Å². The first kappa shape index (κ1) is 14.2. The molecule has 100 valence electrons. The standard InChI is InChI=1S/C10H11F3N2O3/c1-3-17-8(16)6(2)18-9-14-5-4-7(15-9)10(11,12)13/h4-6H,3H2,1-2H3. The summed E-state index contributed by atoms with van der Waals surface area (Å²) in [5, 5.41) is 0. The van der Waals surface area contributed by atoms with Crippen LogP contribution in [-0.2, 0) is 15.7 Å². The van der Waals surface area contributed by atoms with Gasteiger partial charge in [-0.1, -0.05) is 0 Å². The van der Waals surface area contributed by atoms with Crippen molar-refractivity contribution < 1.29 is 27.4 Å². The summed E-state index contributed by atoms with van der Waals surface area (Å²) in [6, 6.07) is 0.187. The van der Waals surface area contributed by atoms with Crippen molar-refractivity contribution in [2.24, 2.45) is 0 Å². The largest absolute Gasteiger partial charge is 0.463 e. The van der Waals surface area contributed by atoms with Crippen molar-refractivity contribution >= 4 is 5.97 Å². The van der Waals surface area contributed by atoms with Gasteiger partial charge in [0.25, 0.3) is 0 Å². The highest BCUT2D eigenvalue weighted by Crippen LogP contribution is 2.27. The molecule has 18 heavy (non-hydrogen) atoms. The van der Waals surface area contributed by atoms with Crippen LogP contribution >= 0.6 is 0 Å². The summed E-state index contributed by atoms with van der Waals surface area (Å²) < 4.78 is 46.5. The fourth-order valence-corrected chi connectivity index (χ4v) is 1.02. The van der Waals surface area contributed by atoms with Crippen molar-refractivity contribution in [3.05, 3.63) is 18.0 Å². The van der Waals surface area contributed by atoms with Crippen LogP contribution in [0.1, 0.15) is 19.5 Å². The Morgan fingerprint density at radius 1 is 1.50 bits per heavy atom. The number of carbonyl (C=O) groups excluding carboxylic acids is 1. The van der Waals surface area contributed by atoms with Crippen LogP contribution in [0.25, 0.3) is 0 Å². The van der Waals surface area contributed by atoms with Crippen molar-refractivity contribution in [3.63, 3.8) is 0 Å². The van der Waals surface area contributed by atoms with E-state index in [1.807, 2.05) is 0 Å². The Labute approximate surface area is 101 Å². The molecule has 0 saturated heterocycles. The van der Waals surface area contributed by atoms with Gasteiger partial charge in [0.15, 0.2) is 11.8 Å². The molecule has 1 atom stereocenters. The third-order valence-corrected chi connectivity index (χ3v) is 1.82. The first-order valence-corrected chi connectivity index (χ1v) is 5.08. The van der Waals surface area contributed by atoms with E-state index in [4.69, 9.17) is 4.74 Å². The number of hydrogen-bond acceptors (Lipinski definition) is 5. The highest BCUT2D eigenvalue weighted by atomic mass is 19.4. The first-order chi connectivity index (χ1) is 8.34. The van der Waals surface area contributed by atoms with Gasteiger partial charge in [0.1, 0.15) is 0 Å². The van der Waals surface area contributed by atoms with Crippen molar-refractivity contribution in [2.75, 3.05) is 6.61 Å². The fraction of sp³-hybridized carbons (Fsp3) is 0.500. The van der Waals surface area contributed by atoms with Gasteiger partial charge in [-0.05, 0) is 19.9 Å². The molecule has 8 heteroatoms. The van der Waals surface area contributed by atoms with E-state index in [2.05, 4.69) is 14.7 Å². The van der Waals surface area contributed by atoms with Gasteiger partial charge < -0.3 is 9.47 Å². The molecule has 0 N–H and O–H groups in total. The summed E-state index contributed by atoms with van der Waals surface area (Å²) in [4.78, 5) is 17.9. The van der Waals surface area contributed by atoms with Crippen LogP contribution < -0.4 is 4.74 Å². The van der Waals surface area contributed by atoms with Gasteiger partial charge >= 0.3 is 18.2 Å². The molecule has 0 amide bonds. The normalized spacial score (nSPS) is 12.9. The number of hydrogen-bond donors (Lipinski definition) is 0. The number of aromatic nitrogens is 2. The minimum Gasteiger partial charge on any atom is -0.463 e. The molecule has 0 radical (unpaired) electrons. The SMILES string of the molecule is CCOC(=O)C(C)Oc1nccc(C(F)(F)F)n1. The van der Waals surface area contributed by atoms with E-state index in [1.165, 1.54) is 6.92 Å². The van der Waals surface area contributed by atoms with Crippen molar-refractivity contribution in [2.45, 2.75) is 26.1 Å². The number of nitrogens with zero attached hydrogens (tertiary/aromatic N) is 2. The van der Waals surface area contributed by atoms with E-state index in [1.54, 1.807) is 6.92 Å². The highest BCUT2D eigenvalue weighted by molar-refractivity contribution is 5.74. The quantitative estimate of drug-likeness (QED) is 0.776. The molecular weight excluding hydrogens is 253 g/mol. The summed E-state index contributed by atoms with van der Waals surface area (Å²) in [6.07, 6.45) is -4.76. The summed E-state index contributed by atoms with van der Waals surface area (Å²) in [7, 11) is 0. The van der Waals surface area contributed by atoms with E-state index >= 15 is 0 Å². The molecule has 0 spiro atoms. The van der Waals surface area contributed by atoms with Crippen LogP contribution in [0.4, 0.5) is 13.2 Å². The lowest BCUT2D eigenvalue weighted by Crippen LogP contribution is -2.27. The Morgan fingerprint density at radius 3 is 2.72 bits per heavy atom. The first-order valence-electron chi connectivity index (χ1n) is 5.08. The Morgan fingerprint density at radius 2 is 2.17 bits per heavy atom. The Hall–Kier alpha value is -1.86. The zero-order valence-electron chi connectivity index (χ0n) is 9.69. The van der Waals surface area contributed by atoms with E-state index in [9.17, 15) is 18.0 Å². The predicted molar refractivity (Wildman–Crippen MR) is 53.8 cm³/mol. The molecule has 1 aromatic heterocycles. The fourth-order valence-electron chi connectivity index (χ4n) is 1.02. The molecule has 0 aliphatic carbocycles. The van der Waals surface area contributed by atoms with Crippen molar-refractivity contribution in [1.82, 2.24) is 9.97 Å². The second-order valence-electron chi connectivity index (χ2n) is 3.23. The van der Waals surface area contributed by atoms with Gasteiger partial charge in [0.2, 0.25) is 0 Å². The Balaban J connectivity index is 2.76. The van der Waals surface area contributed by atoms with Gasteiger partial charge in [0.05, 0.1) is 6.61 Å². The zero-order chi connectivity index (χ0) is 13.8. The molecule has 0 aliphatic rings. The average molecular weight is 264 g/mol. The summed E-state index contributed by atoms with van der Waals surface area (Å²) in [5.74, 6) is -0.696. The lowest BCUT2D eigenvalue weighted by Gasteiger charge is -2.12. The number of ether oxygens (including phenoxy) is 2. The maximum atomic E-state index is 12.3. The van der Waals surface area contributed by atoms with Crippen molar-refractivity contribution in [3.8, 4) is 6.01 Å². The molecule has 0 aromatic carbocycles. The van der Waals surface area contributed by atoms with Crippen LogP contribution in [0.3, 0.4) is 0 Å². The van der Waals surface area contributed by atoms with E-state index < -0.39 is 30.0 Å². The lowest BCUT2D eigenvalue weighted by molar-refractivity contribution is -0.150. The molecule has 0 bridgehead atoms. The van der Waals surface area contributed by atoms with Gasteiger partial charge in [-0.25, -0.2) is 9.78 Å². The zero-order valence-corrected chi connectivity index (χ0v) is 9.69. The van der Waals surface area contributed by atoms with Crippen LogP contribution in [-0.4, -0.2) is 28.6 Å². The Kier molecular flexibility index (Phi) is 4.46. The smallest absolute Gasteiger partial charge is 0.433 e. The van der Waals surface area contributed by atoms with E-state index in [0.717, 1.165) is 6.20 Å². The van der Waals surface area contributed by atoms with Gasteiger partial charge in [-0.3, -0.25) is 0 Å². The molecule has 0 fully saturated rings. The number of carbonyl (C=O) groups is 1. The van der Waals surface area contributed by atoms with Crippen LogP contribution in [0.2, 0.25) is 0 Å². The monoisotopic (exact) mass is 264 g/mol. The van der Waals surface area contributed by atoms with Crippen LogP contribution in [0.5, 0.6) is 6.01 Å². The Bertz CT molecular complexity index is 423. The third kappa shape index (κ3) is 3.86. The number of rotatable bonds is 4. The summed E-state index contributed by atoms with van der Waals surface area (Å²) >= 11 is 0. The maximum absolute atomic E-state index is 12.3. The second-order valence-corrected chi connectivity index (χ2v) is 3.23. The predicted octanol–water partition coefficient (Wildman–Crippen LogP) is 1.83. The van der Waals surface area contributed by atoms with Crippen LogP contribution in [0, 0.1) is 0 Å². The maximum Gasteiger partial charge on any atom is 0.433 e. The number of alkyl halides is 3. The minimum absolute atomic E-state index is 0.149. The van der Waals surface area contributed by atoms with E-state index in [0.29, 0.717) is 6.07 Å². The molecule has 1 aromatic rings. The molecule has 1 heterocycles. The topological polar surface area (TPSA) is 61.3 Å². The highest BCUT2D eigenvalue weighted by Gasteiger charge is 2.33. The third-order valence-electron chi connectivity index (χ3n) is 1.82. The van der Waals surface area contributed by atoms with Gasteiger partial charge in [-0.15, -0.1) is 0 Å². The molecule has 1 unspecified atom stereocenters. The molecular formula is C10H11F3N2O3. The molecule has 0 saturated carbocycles. The second kappa shape index (κ2) is 5.65. The molecule has 5 nitrogen and oxygen atoms in total. The number of halogens is 3. The summed E-state index contributed by atoms with van der Waals surface area (Å²) in [5.41, 5.74) is -1.14. The molecule has 0 aliphatic heterocycles. The van der Waals surface area contributed by atoms with Crippen LogP contribution in [0.15, 0.2) is 12.3 Å². The molecule has 1 rings (SSSR count). The lowest BCUT2D eigenvalue weighted by atomic mass is 10.4. The summed E-state index contributed by atoms with van der Waals surface area (Å²) in [6.45, 7) is 3.09. The minimum atomic E-state index is -4.59. The van der Waals surface area contributed by atoms with Gasteiger partial charge in [0, 0.05) is 6.20 Å². The van der Waals surface area contributed by atoms with Gasteiger partial charge in [-0.2, -0.15) is 18.2 Å².